The number of benzene rings is 1. The summed E-state index contributed by atoms with van der Waals surface area (Å²) in [7, 11) is 0. The van der Waals surface area contributed by atoms with E-state index in [4.69, 9.17) is 9.47 Å². The smallest absolute Gasteiger partial charge is 0.494 e. The first-order valence-corrected chi connectivity index (χ1v) is 8.55. The number of carbonyl (C=O) groups is 2. The topological polar surface area (TPSA) is 80.3 Å². The molecule has 7 nitrogen and oxygen atoms in total. The Balaban J connectivity index is 2.22. The van der Waals surface area contributed by atoms with E-state index in [-0.39, 0.29) is 11.7 Å². The molecule has 0 saturated carbocycles. The summed E-state index contributed by atoms with van der Waals surface area (Å²) < 4.78 is 10.2. The standard InChI is InChI=1S/C18H26O7/c1-4-6-7-8-9-14(3)22-18(20)24-25-23-17(19)15-10-12-16(13-11-15)21-5-2/h10-14H,4-9H2,1-3H3. The van der Waals surface area contributed by atoms with E-state index in [1.54, 1.807) is 19.1 Å². The van der Waals surface area contributed by atoms with Gasteiger partial charge >= 0.3 is 12.1 Å². The lowest BCUT2D eigenvalue weighted by atomic mass is 10.1. The Labute approximate surface area is 148 Å². The van der Waals surface area contributed by atoms with Gasteiger partial charge in [-0.3, -0.25) is 4.89 Å². The molecule has 1 rings (SSSR count). The van der Waals surface area contributed by atoms with Gasteiger partial charge in [-0.05, 0) is 51.0 Å². The Morgan fingerprint density at radius 3 is 2.36 bits per heavy atom. The zero-order valence-corrected chi connectivity index (χ0v) is 15.0. The molecule has 0 fully saturated rings. The fourth-order valence-corrected chi connectivity index (χ4v) is 2.08. The maximum Gasteiger partial charge on any atom is 0.543 e. The number of unbranched alkanes of at least 4 members (excludes halogenated alkanes) is 3. The van der Waals surface area contributed by atoms with Gasteiger partial charge in [0.15, 0.2) is 0 Å². The summed E-state index contributed by atoms with van der Waals surface area (Å²) in [5.41, 5.74) is 0.227. The highest BCUT2D eigenvalue weighted by Crippen LogP contribution is 2.13. The molecule has 0 radical (unpaired) electrons. The Bertz CT molecular complexity index is 513. The molecule has 0 N–H and O–H groups in total. The minimum absolute atomic E-state index is 0.227. The van der Waals surface area contributed by atoms with Gasteiger partial charge in [-0.15, -0.1) is 0 Å². The molecule has 25 heavy (non-hydrogen) atoms. The second-order valence-corrected chi connectivity index (χ2v) is 5.51. The van der Waals surface area contributed by atoms with Crippen LogP contribution in [0.1, 0.15) is 63.2 Å². The lowest BCUT2D eigenvalue weighted by Gasteiger charge is -2.11. The maximum absolute atomic E-state index is 11.7. The minimum Gasteiger partial charge on any atom is -0.494 e. The second-order valence-electron chi connectivity index (χ2n) is 5.51. The number of hydrogen-bond donors (Lipinski definition) is 0. The lowest BCUT2D eigenvalue weighted by molar-refractivity contribution is -0.452. The number of hydrogen-bond acceptors (Lipinski definition) is 7. The van der Waals surface area contributed by atoms with Gasteiger partial charge in [0.2, 0.25) is 0 Å². The molecule has 0 amide bonds. The van der Waals surface area contributed by atoms with Crippen molar-refractivity contribution in [2.75, 3.05) is 6.61 Å². The maximum atomic E-state index is 11.7. The van der Waals surface area contributed by atoms with Crippen molar-refractivity contribution >= 4 is 12.1 Å². The summed E-state index contributed by atoms with van der Waals surface area (Å²) in [4.78, 5) is 31.8. The van der Waals surface area contributed by atoms with Crippen molar-refractivity contribution in [1.29, 1.82) is 0 Å². The largest absolute Gasteiger partial charge is 0.543 e. The molecular formula is C18H26O7. The highest BCUT2D eigenvalue weighted by atomic mass is 17.5. The predicted molar refractivity (Wildman–Crippen MR) is 89.9 cm³/mol. The van der Waals surface area contributed by atoms with Gasteiger partial charge in [0.25, 0.3) is 0 Å². The van der Waals surface area contributed by atoms with E-state index >= 15 is 0 Å². The minimum atomic E-state index is -1.05. The van der Waals surface area contributed by atoms with E-state index in [2.05, 4.69) is 21.7 Å². The van der Waals surface area contributed by atoms with Gasteiger partial charge in [0.05, 0.1) is 17.2 Å². The van der Waals surface area contributed by atoms with E-state index in [1.807, 2.05) is 6.92 Å². The lowest BCUT2D eigenvalue weighted by Crippen LogP contribution is -2.17. The first-order chi connectivity index (χ1) is 12.1. The molecule has 0 aliphatic carbocycles. The molecule has 1 atom stereocenters. The number of ether oxygens (including phenoxy) is 2. The molecule has 0 aromatic heterocycles. The zero-order valence-electron chi connectivity index (χ0n) is 15.0. The molecule has 0 saturated heterocycles. The van der Waals surface area contributed by atoms with Gasteiger partial charge in [-0.2, -0.15) is 0 Å². The van der Waals surface area contributed by atoms with Gasteiger partial charge < -0.3 is 9.47 Å². The fraction of sp³-hybridized carbons (Fsp3) is 0.556. The van der Waals surface area contributed by atoms with Crippen LogP contribution in [0, 0.1) is 0 Å². The van der Waals surface area contributed by atoms with Crippen LogP contribution in [0.4, 0.5) is 4.79 Å². The fourth-order valence-electron chi connectivity index (χ4n) is 2.08. The molecule has 7 heteroatoms. The van der Waals surface area contributed by atoms with Crippen LogP contribution in [-0.4, -0.2) is 24.8 Å². The quantitative estimate of drug-likeness (QED) is 0.249. The Morgan fingerprint density at radius 1 is 1.00 bits per heavy atom. The van der Waals surface area contributed by atoms with Gasteiger partial charge in [0.1, 0.15) is 11.9 Å². The van der Waals surface area contributed by atoms with E-state index in [0.29, 0.717) is 12.4 Å². The van der Waals surface area contributed by atoms with Crippen LogP contribution in [0.25, 0.3) is 0 Å². The highest BCUT2D eigenvalue weighted by molar-refractivity contribution is 5.89. The molecule has 0 spiro atoms. The number of carbonyl (C=O) groups excluding carboxylic acids is 2. The third kappa shape index (κ3) is 8.95. The van der Waals surface area contributed by atoms with Crippen LogP contribution in [0.3, 0.4) is 0 Å². The molecule has 1 unspecified atom stereocenters. The molecule has 1 aromatic carbocycles. The van der Waals surface area contributed by atoms with Gasteiger partial charge in [-0.25, -0.2) is 14.5 Å². The second kappa shape index (κ2) is 12.1. The summed E-state index contributed by atoms with van der Waals surface area (Å²) in [6.45, 7) is 6.28. The van der Waals surface area contributed by atoms with Crippen molar-refractivity contribution in [1.82, 2.24) is 0 Å². The average molecular weight is 354 g/mol. The van der Waals surface area contributed by atoms with E-state index in [1.165, 1.54) is 12.1 Å². The summed E-state index contributed by atoms with van der Waals surface area (Å²) in [5, 5.41) is 4.18. The van der Waals surface area contributed by atoms with Crippen molar-refractivity contribution < 1.29 is 33.9 Å². The molecule has 1 aromatic rings. The van der Waals surface area contributed by atoms with Gasteiger partial charge in [0, 0.05) is 0 Å². The third-order valence-electron chi connectivity index (χ3n) is 3.37. The first-order valence-electron chi connectivity index (χ1n) is 8.55. The Morgan fingerprint density at radius 2 is 1.72 bits per heavy atom. The van der Waals surface area contributed by atoms with Crippen LogP contribution in [0.15, 0.2) is 24.3 Å². The highest BCUT2D eigenvalue weighted by Gasteiger charge is 2.14. The van der Waals surface area contributed by atoms with Crippen LogP contribution in [0.2, 0.25) is 0 Å². The van der Waals surface area contributed by atoms with E-state index in [9.17, 15) is 9.59 Å². The van der Waals surface area contributed by atoms with Crippen molar-refractivity contribution in [3.63, 3.8) is 0 Å². The normalized spacial score (nSPS) is 11.5. The summed E-state index contributed by atoms with van der Waals surface area (Å²) in [6.07, 6.45) is 3.75. The first kappa shape index (κ1) is 20.8. The van der Waals surface area contributed by atoms with E-state index < -0.39 is 12.1 Å². The van der Waals surface area contributed by atoms with Crippen molar-refractivity contribution in [2.45, 2.75) is 59.0 Å². The van der Waals surface area contributed by atoms with Crippen molar-refractivity contribution in [3.8, 4) is 5.75 Å². The molecule has 0 aliphatic rings. The third-order valence-corrected chi connectivity index (χ3v) is 3.37. The van der Waals surface area contributed by atoms with Crippen LogP contribution in [-0.2, 0) is 19.6 Å². The van der Waals surface area contributed by atoms with Crippen molar-refractivity contribution in [3.05, 3.63) is 29.8 Å². The van der Waals surface area contributed by atoms with E-state index in [0.717, 1.165) is 32.1 Å². The van der Waals surface area contributed by atoms with Crippen LogP contribution < -0.4 is 4.74 Å². The summed E-state index contributed by atoms with van der Waals surface area (Å²) >= 11 is 0. The Hall–Kier alpha value is -2.28. The molecule has 140 valence electrons. The average Bonchev–Trinajstić information content (AvgIpc) is 2.59. The molecular weight excluding hydrogens is 328 g/mol. The molecule has 0 bridgehead atoms. The molecule has 0 aliphatic heterocycles. The van der Waals surface area contributed by atoms with Crippen LogP contribution in [0.5, 0.6) is 5.75 Å². The summed E-state index contributed by atoms with van der Waals surface area (Å²) in [6, 6.07) is 6.26. The summed E-state index contributed by atoms with van der Waals surface area (Å²) in [5.74, 6) is -0.170. The van der Waals surface area contributed by atoms with Gasteiger partial charge in [-0.1, -0.05) is 26.2 Å². The number of rotatable bonds is 11. The van der Waals surface area contributed by atoms with Crippen molar-refractivity contribution in [2.24, 2.45) is 0 Å². The Kier molecular flexibility index (Phi) is 10.1. The monoisotopic (exact) mass is 354 g/mol. The predicted octanol–water partition coefficient (Wildman–Crippen LogP) is 4.60. The SMILES string of the molecule is CCCCCCC(C)OC(=O)OOOC(=O)c1ccc(OCC)cc1. The van der Waals surface area contributed by atoms with Crippen LogP contribution >= 0.6 is 0 Å². The zero-order chi connectivity index (χ0) is 18.5. The molecule has 0 heterocycles.